The summed E-state index contributed by atoms with van der Waals surface area (Å²) in [5, 5.41) is 1.41. The minimum absolute atomic E-state index is 0.127. The number of halogens is 2. The van der Waals surface area contributed by atoms with Gasteiger partial charge >= 0.3 is 10.9 Å². The van der Waals surface area contributed by atoms with E-state index in [0.717, 1.165) is 26.8 Å². The summed E-state index contributed by atoms with van der Waals surface area (Å²) in [5.74, 6) is -0.218. The maximum absolute atomic E-state index is 12.9. The number of benzene rings is 3. The summed E-state index contributed by atoms with van der Waals surface area (Å²) < 4.78 is 18.2. The molecular weight excluding hydrogens is 504 g/mol. The summed E-state index contributed by atoms with van der Waals surface area (Å²) >= 11 is 10.4. The molecule has 5 nitrogen and oxygen atoms in total. The predicted octanol–water partition coefficient (Wildman–Crippen LogP) is 7.21. The average Bonchev–Trinajstić information content (AvgIpc) is 3.27. The van der Waals surface area contributed by atoms with E-state index in [1.165, 1.54) is 0 Å². The van der Waals surface area contributed by atoms with Crippen molar-refractivity contribution in [3.05, 3.63) is 85.2 Å². The standard InChI is InChI=1S/C23H12BrClO5S/c1-11-16-8-13(24)4-7-18(16)29-20(11)22(26)28-15-9-17(12-2-5-14(25)6-3-12)21-19(10-15)31-23(27)30-21/h2-10H,1H3. The predicted molar refractivity (Wildman–Crippen MR) is 124 cm³/mol. The molecule has 0 bridgehead atoms. The van der Waals surface area contributed by atoms with E-state index >= 15 is 0 Å². The number of rotatable bonds is 3. The second-order valence-corrected chi connectivity index (χ2v) is 9.17. The number of furan rings is 1. The van der Waals surface area contributed by atoms with Crippen LogP contribution in [-0.2, 0) is 0 Å². The fourth-order valence-electron chi connectivity index (χ4n) is 3.40. The Bertz CT molecular complexity index is 1530. The Hall–Kier alpha value is -2.87. The molecule has 0 saturated carbocycles. The van der Waals surface area contributed by atoms with Gasteiger partial charge in [-0.15, -0.1) is 0 Å². The lowest BCUT2D eigenvalue weighted by Crippen LogP contribution is -2.08. The zero-order valence-corrected chi connectivity index (χ0v) is 19.1. The first-order chi connectivity index (χ1) is 14.9. The molecule has 154 valence electrons. The normalized spacial score (nSPS) is 11.3. The van der Waals surface area contributed by atoms with Crippen molar-refractivity contribution < 1.29 is 18.4 Å². The van der Waals surface area contributed by atoms with Crippen molar-refractivity contribution in [1.29, 1.82) is 0 Å². The minimum Gasteiger partial charge on any atom is -0.449 e. The second kappa shape index (κ2) is 7.67. The van der Waals surface area contributed by atoms with Crippen molar-refractivity contribution in [1.82, 2.24) is 0 Å². The van der Waals surface area contributed by atoms with Crippen LogP contribution in [0.15, 0.2) is 72.7 Å². The lowest BCUT2D eigenvalue weighted by molar-refractivity contribution is 0.0703. The van der Waals surface area contributed by atoms with E-state index in [1.54, 1.807) is 37.3 Å². The van der Waals surface area contributed by atoms with Crippen LogP contribution < -0.4 is 9.68 Å². The Morgan fingerprint density at radius 2 is 1.84 bits per heavy atom. The molecule has 5 rings (SSSR count). The van der Waals surface area contributed by atoms with Gasteiger partial charge in [0.25, 0.3) is 0 Å². The molecule has 0 spiro atoms. The van der Waals surface area contributed by atoms with Crippen LogP contribution in [0.25, 0.3) is 32.4 Å². The van der Waals surface area contributed by atoms with Crippen molar-refractivity contribution >= 4 is 66.1 Å². The zero-order chi connectivity index (χ0) is 21.7. The molecular formula is C23H12BrClO5S. The third kappa shape index (κ3) is 3.69. The van der Waals surface area contributed by atoms with Gasteiger partial charge in [-0.25, -0.2) is 9.59 Å². The molecule has 0 amide bonds. The Labute approximate surface area is 192 Å². The number of fused-ring (bicyclic) bond motifs is 2. The molecule has 0 aliphatic heterocycles. The van der Waals surface area contributed by atoms with E-state index in [-0.39, 0.29) is 11.5 Å². The minimum atomic E-state index is -0.623. The highest BCUT2D eigenvalue weighted by Crippen LogP contribution is 2.36. The first kappa shape index (κ1) is 20.1. The Morgan fingerprint density at radius 1 is 1.06 bits per heavy atom. The van der Waals surface area contributed by atoms with Crippen molar-refractivity contribution in [3.63, 3.8) is 0 Å². The molecule has 0 radical (unpaired) electrons. The van der Waals surface area contributed by atoms with Gasteiger partial charge in [0.2, 0.25) is 5.76 Å². The molecule has 0 atom stereocenters. The Balaban J connectivity index is 1.58. The Kier molecular flexibility index (Phi) is 4.97. The maximum atomic E-state index is 12.9. The highest BCUT2D eigenvalue weighted by atomic mass is 79.9. The van der Waals surface area contributed by atoms with Gasteiger partial charge in [0.1, 0.15) is 11.3 Å². The lowest BCUT2D eigenvalue weighted by Gasteiger charge is -2.07. The number of esters is 1. The van der Waals surface area contributed by atoms with Crippen molar-refractivity contribution in [2.75, 3.05) is 0 Å². The first-order valence-corrected chi connectivity index (χ1v) is 11.1. The van der Waals surface area contributed by atoms with E-state index in [2.05, 4.69) is 15.9 Å². The summed E-state index contributed by atoms with van der Waals surface area (Å²) in [6, 6.07) is 15.9. The number of hydrogen-bond acceptors (Lipinski definition) is 6. The number of carbonyl (C=O) groups excluding carboxylic acids is 1. The molecule has 2 aromatic heterocycles. The summed E-state index contributed by atoms with van der Waals surface area (Å²) in [6.45, 7) is 1.80. The van der Waals surface area contributed by atoms with Crippen LogP contribution in [-0.4, -0.2) is 5.97 Å². The lowest BCUT2D eigenvalue weighted by atomic mass is 10.0. The maximum Gasteiger partial charge on any atom is 0.396 e. The van der Waals surface area contributed by atoms with E-state index in [1.807, 2.05) is 24.3 Å². The van der Waals surface area contributed by atoms with Gasteiger partial charge < -0.3 is 13.6 Å². The van der Waals surface area contributed by atoms with Crippen LogP contribution in [0.4, 0.5) is 0 Å². The monoisotopic (exact) mass is 514 g/mol. The SMILES string of the molecule is Cc1c(C(=O)Oc2cc(-c3ccc(Cl)cc3)c3oc(=O)sc3c2)oc2ccc(Br)cc12. The van der Waals surface area contributed by atoms with Gasteiger partial charge in [-0.05, 0) is 48.9 Å². The van der Waals surface area contributed by atoms with E-state index in [4.69, 9.17) is 25.2 Å². The van der Waals surface area contributed by atoms with Gasteiger partial charge in [0.15, 0.2) is 5.58 Å². The quantitative estimate of drug-likeness (QED) is 0.187. The van der Waals surface area contributed by atoms with E-state index in [0.29, 0.717) is 32.0 Å². The number of carbonyl (C=O) groups is 1. The first-order valence-electron chi connectivity index (χ1n) is 9.13. The summed E-state index contributed by atoms with van der Waals surface area (Å²) in [5.41, 5.74) is 3.12. The molecule has 2 heterocycles. The molecule has 0 fully saturated rings. The fourth-order valence-corrected chi connectivity index (χ4v) is 4.61. The van der Waals surface area contributed by atoms with Crippen LogP contribution in [0.2, 0.25) is 5.02 Å². The Morgan fingerprint density at radius 3 is 2.61 bits per heavy atom. The van der Waals surface area contributed by atoms with Gasteiger partial charge in [-0.1, -0.05) is 51.0 Å². The third-order valence-corrected chi connectivity index (χ3v) is 6.37. The van der Waals surface area contributed by atoms with Crippen LogP contribution in [0.5, 0.6) is 5.75 Å². The van der Waals surface area contributed by atoms with Gasteiger partial charge in [-0.3, -0.25) is 0 Å². The number of aryl methyl sites for hydroxylation is 1. The number of ether oxygens (including phenoxy) is 1. The molecule has 0 aliphatic carbocycles. The van der Waals surface area contributed by atoms with Crippen molar-refractivity contribution in [2.45, 2.75) is 6.92 Å². The summed E-state index contributed by atoms with van der Waals surface area (Å²) in [4.78, 5) is 24.3. The molecule has 0 N–H and O–H groups in total. The summed E-state index contributed by atoms with van der Waals surface area (Å²) in [6.07, 6.45) is 0. The van der Waals surface area contributed by atoms with E-state index in [9.17, 15) is 9.59 Å². The smallest absolute Gasteiger partial charge is 0.396 e. The third-order valence-electron chi connectivity index (χ3n) is 4.86. The summed E-state index contributed by atoms with van der Waals surface area (Å²) in [7, 11) is 0. The van der Waals surface area contributed by atoms with Crippen molar-refractivity contribution in [2.24, 2.45) is 0 Å². The highest BCUT2D eigenvalue weighted by Gasteiger charge is 2.21. The van der Waals surface area contributed by atoms with Gasteiger partial charge in [0, 0.05) is 32.1 Å². The van der Waals surface area contributed by atoms with Crippen LogP contribution in [0.3, 0.4) is 0 Å². The molecule has 3 aromatic carbocycles. The van der Waals surface area contributed by atoms with Crippen LogP contribution in [0.1, 0.15) is 16.1 Å². The van der Waals surface area contributed by atoms with Crippen LogP contribution >= 0.6 is 38.9 Å². The van der Waals surface area contributed by atoms with Crippen molar-refractivity contribution in [3.8, 4) is 16.9 Å². The molecule has 5 aromatic rings. The fraction of sp³-hybridized carbons (Fsp3) is 0.0435. The highest BCUT2D eigenvalue weighted by molar-refractivity contribution is 9.10. The topological polar surface area (TPSA) is 69.7 Å². The molecule has 0 unspecified atom stereocenters. The average molecular weight is 516 g/mol. The van der Waals surface area contributed by atoms with Gasteiger partial charge in [0.05, 0.1) is 4.70 Å². The van der Waals surface area contributed by atoms with Gasteiger partial charge in [-0.2, -0.15) is 0 Å². The van der Waals surface area contributed by atoms with Crippen LogP contribution in [0, 0.1) is 6.92 Å². The van der Waals surface area contributed by atoms with E-state index < -0.39 is 10.9 Å². The molecule has 0 saturated heterocycles. The molecule has 31 heavy (non-hydrogen) atoms. The largest absolute Gasteiger partial charge is 0.449 e. The number of hydrogen-bond donors (Lipinski definition) is 0. The second-order valence-electron chi connectivity index (χ2n) is 6.85. The molecule has 0 aliphatic rings. The molecule has 8 heteroatoms. The zero-order valence-electron chi connectivity index (χ0n) is 15.9.